The van der Waals surface area contributed by atoms with E-state index in [2.05, 4.69) is 23.9 Å². The van der Waals surface area contributed by atoms with E-state index in [1.165, 1.54) is 12.1 Å². The van der Waals surface area contributed by atoms with Gasteiger partial charge in [-0.2, -0.15) is 0 Å². The fourth-order valence-corrected chi connectivity index (χ4v) is 2.93. The molecule has 3 nitrogen and oxygen atoms in total. The molecule has 1 aliphatic rings. The molecular weight excluding hydrogens is 260 g/mol. The van der Waals surface area contributed by atoms with Gasteiger partial charge in [-0.25, -0.2) is 8.78 Å². The highest BCUT2D eigenvalue weighted by molar-refractivity contribution is 5.22. The van der Waals surface area contributed by atoms with Crippen LogP contribution in [-0.4, -0.2) is 49.6 Å². The first-order valence-electron chi connectivity index (χ1n) is 7.08. The van der Waals surface area contributed by atoms with Crippen LogP contribution in [0.5, 0.6) is 0 Å². The molecule has 2 rings (SSSR count). The highest BCUT2D eigenvalue weighted by atomic mass is 19.2. The molecule has 1 heterocycles. The second kappa shape index (κ2) is 6.61. The van der Waals surface area contributed by atoms with Crippen molar-refractivity contribution in [2.45, 2.75) is 24.9 Å². The Bertz CT molecular complexity index is 443. The van der Waals surface area contributed by atoms with Gasteiger partial charge >= 0.3 is 0 Å². The number of piperidine rings is 1. The second-order valence-corrected chi connectivity index (χ2v) is 5.66. The summed E-state index contributed by atoms with van der Waals surface area (Å²) < 4.78 is 26.4. The van der Waals surface area contributed by atoms with E-state index in [1.54, 1.807) is 6.07 Å². The number of halogens is 2. The van der Waals surface area contributed by atoms with E-state index in [0.717, 1.165) is 31.5 Å². The van der Waals surface area contributed by atoms with Crippen LogP contribution in [0.25, 0.3) is 0 Å². The lowest BCUT2D eigenvalue weighted by Gasteiger charge is -2.39. The van der Waals surface area contributed by atoms with Gasteiger partial charge in [0.2, 0.25) is 0 Å². The summed E-state index contributed by atoms with van der Waals surface area (Å²) in [5.41, 5.74) is 6.61. The third-order valence-corrected chi connectivity index (χ3v) is 4.22. The number of nitrogens with zero attached hydrogens (tertiary/aromatic N) is 2. The molecule has 1 atom stereocenters. The molecule has 0 amide bonds. The molecule has 1 aromatic rings. The largest absolute Gasteiger partial charge is 0.329 e. The quantitative estimate of drug-likeness (QED) is 0.917. The summed E-state index contributed by atoms with van der Waals surface area (Å²) >= 11 is 0. The number of benzene rings is 1. The fraction of sp³-hybridized carbons (Fsp3) is 0.600. The van der Waals surface area contributed by atoms with E-state index in [1.807, 2.05) is 0 Å². The van der Waals surface area contributed by atoms with E-state index < -0.39 is 11.6 Å². The Hall–Kier alpha value is -1.04. The van der Waals surface area contributed by atoms with Crippen molar-refractivity contribution in [1.29, 1.82) is 0 Å². The Balaban J connectivity index is 2.07. The standard InChI is InChI=1S/C15H23F2N3/c1-19(2)12-5-7-20(8-6-12)15(10-18)11-3-4-13(16)14(17)9-11/h3-4,9,12,15H,5-8,10,18H2,1-2H3. The van der Waals surface area contributed by atoms with Crippen LogP contribution in [0.4, 0.5) is 8.78 Å². The van der Waals surface area contributed by atoms with Crippen molar-refractivity contribution in [3.8, 4) is 0 Å². The first kappa shape index (κ1) is 15.4. The number of hydrogen-bond acceptors (Lipinski definition) is 3. The molecular formula is C15H23F2N3. The molecule has 1 saturated heterocycles. The maximum absolute atomic E-state index is 13.4. The topological polar surface area (TPSA) is 32.5 Å². The van der Waals surface area contributed by atoms with Gasteiger partial charge in [0.1, 0.15) is 0 Å². The summed E-state index contributed by atoms with van der Waals surface area (Å²) in [5.74, 6) is -1.61. The predicted molar refractivity (Wildman–Crippen MR) is 76.4 cm³/mol. The summed E-state index contributed by atoms with van der Waals surface area (Å²) in [6, 6.07) is 4.64. The summed E-state index contributed by atoms with van der Waals surface area (Å²) in [6.45, 7) is 2.28. The van der Waals surface area contributed by atoms with E-state index in [0.29, 0.717) is 12.6 Å². The van der Waals surface area contributed by atoms with Crippen LogP contribution in [0.1, 0.15) is 24.4 Å². The average Bonchev–Trinajstić information content (AvgIpc) is 2.44. The van der Waals surface area contributed by atoms with Crippen LogP contribution in [0.3, 0.4) is 0 Å². The summed E-state index contributed by atoms with van der Waals surface area (Å²) in [5, 5.41) is 0. The van der Waals surface area contributed by atoms with Gasteiger partial charge in [0.15, 0.2) is 11.6 Å². The predicted octanol–water partition coefficient (Wildman–Crippen LogP) is 1.99. The first-order chi connectivity index (χ1) is 9.52. The zero-order valence-corrected chi connectivity index (χ0v) is 12.1. The van der Waals surface area contributed by atoms with Crippen molar-refractivity contribution in [3.63, 3.8) is 0 Å². The summed E-state index contributed by atoms with van der Waals surface area (Å²) in [7, 11) is 4.19. The van der Waals surface area contributed by atoms with Crippen molar-refractivity contribution >= 4 is 0 Å². The van der Waals surface area contributed by atoms with E-state index >= 15 is 0 Å². The number of hydrogen-bond donors (Lipinski definition) is 1. The zero-order chi connectivity index (χ0) is 14.7. The van der Waals surface area contributed by atoms with E-state index in [9.17, 15) is 8.78 Å². The SMILES string of the molecule is CN(C)C1CCN(C(CN)c2ccc(F)c(F)c2)CC1. The van der Waals surface area contributed by atoms with Crippen LogP contribution >= 0.6 is 0 Å². The van der Waals surface area contributed by atoms with Gasteiger partial charge in [0.25, 0.3) is 0 Å². The van der Waals surface area contributed by atoms with Crippen molar-refractivity contribution < 1.29 is 8.78 Å². The molecule has 1 aromatic carbocycles. The van der Waals surface area contributed by atoms with E-state index in [4.69, 9.17) is 5.73 Å². The van der Waals surface area contributed by atoms with Crippen LogP contribution < -0.4 is 5.73 Å². The maximum atomic E-state index is 13.4. The molecule has 0 spiro atoms. The Morgan fingerprint density at radius 3 is 2.40 bits per heavy atom. The molecule has 0 saturated carbocycles. The molecule has 0 radical (unpaired) electrons. The van der Waals surface area contributed by atoms with Gasteiger partial charge in [-0.15, -0.1) is 0 Å². The average molecular weight is 283 g/mol. The van der Waals surface area contributed by atoms with Crippen molar-refractivity contribution in [2.24, 2.45) is 5.73 Å². The highest BCUT2D eigenvalue weighted by Crippen LogP contribution is 2.26. The third-order valence-electron chi connectivity index (χ3n) is 4.22. The normalized spacial score (nSPS) is 19.5. The summed E-state index contributed by atoms with van der Waals surface area (Å²) in [4.78, 5) is 4.51. The molecule has 0 aliphatic carbocycles. The monoisotopic (exact) mass is 283 g/mol. The minimum Gasteiger partial charge on any atom is -0.329 e. The van der Waals surface area contributed by atoms with Crippen molar-refractivity contribution in [1.82, 2.24) is 9.80 Å². The van der Waals surface area contributed by atoms with Gasteiger partial charge in [0.05, 0.1) is 0 Å². The number of nitrogens with two attached hydrogens (primary N) is 1. The Labute approximate surface area is 119 Å². The lowest BCUT2D eigenvalue weighted by Crippen LogP contribution is -2.45. The Morgan fingerprint density at radius 2 is 1.90 bits per heavy atom. The molecule has 1 fully saturated rings. The van der Waals surface area contributed by atoms with Gasteiger partial charge < -0.3 is 10.6 Å². The smallest absolute Gasteiger partial charge is 0.159 e. The molecule has 1 aliphatic heterocycles. The molecule has 112 valence electrons. The van der Waals surface area contributed by atoms with Gasteiger partial charge in [-0.1, -0.05) is 6.07 Å². The highest BCUT2D eigenvalue weighted by Gasteiger charge is 2.26. The maximum Gasteiger partial charge on any atom is 0.159 e. The Morgan fingerprint density at radius 1 is 1.25 bits per heavy atom. The van der Waals surface area contributed by atoms with Crippen LogP contribution in [0, 0.1) is 11.6 Å². The molecule has 2 N–H and O–H groups in total. The number of rotatable bonds is 4. The molecule has 5 heteroatoms. The molecule has 0 bridgehead atoms. The minimum atomic E-state index is -0.809. The second-order valence-electron chi connectivity index (χ2n) is 5.66. The molecule has 0 aromatic heterocycles. The third kappa shape index (κ3) is 3.34. The summed E-state index contributed by atoms with van der Waals surface area (Å²) in [6.07, 6.45) is 2.15. The number of likely N-dealkylation sites (tertiary alicyclic amines) is 1. The lowest BCUT2D eigenvalue weighted by atomic mass is 9.98. The van der Waals surface area contributed by atoms with Crippen LogP contribution in [-0.2, 0) is 0 Å². The van der Waals surface area contributed by atoms with Crippen molar-refractivity contribution in [2.75, 3.05) is 33.7 Å². The van der Waals surface area contributed by atoms with Gasteiger partial charge in [0, 0.05) is 31.7 Å². The van der Waals surface area contributed by atoms with Gasteiger partial charge in [-0.3, -0.25) is 4.90 Å². The molecule has 20 heavy (non-hydrogen) atoms. The lowest BCUT2D eigenvalue weighted by molar-refractivity contribution is 0.110. The van der Waals surface area contributed by atoms with Crippen LogP contribution in [0.2, 0.25) is 0 Å². The fourth-order valence-electron chi connectivity index (χ4n) is 2.93. The first-order valence-corrected chi connectivity index (χ1v) is 7.08. The minimum absolute atomic E-state index is 0.0341. The van der Waals surface area contributed by atoms with Gasteiger partial charge in [-0.05, 0) is 44.6 Å². The van der Waals surface area contributed by atoms with Crippen LogP contribution in [0.15, 0.2) is 18.2 Å². The zero-order valence-electron chi connectivity index (χ0n) is 12.1. The van der Waals surface area contributed by atoms with Crippen molar-refractivity contribution in [3.05, 3.63) is 35.4 Å². The molecule has 1 unspecified atom stereocenters. The Kier molecular flexibility index (Phi) is 5.07. The van der Waals surface area contributed by atoms with E-state index in [-0.39, 0.29) is 6.04 Å².